The number of benzene rings is 1. The van der Waals surface area contributed by atoms with E-state index in [1.54, 1.807) is 7.11 Å². The van der Waals surface area contributed by atoms with Gasteiger partial charge in [0.05, 0.1) is 7.11 Å². The Morgan fingerprint density at radius 3 is 2.44 bits per heavy atom. The van der Waals surface area contributed by atoms with Crippen molar-refractivity contribution < 1.29 is 4.74 Å². The molecule has 1 heteroatoms. The number of methoxy groups -OCH3 is 1. The third kappa shape index (κ3) is 2.77. The van der Waals surface area contributed by atoms with Gasteiger partial charge in [0.1, 0.15) is 5.75 Å². The smallest absolute Gasteiger partial charge is 0.126 e. The Labute approximate surface area is 111 Å². The molecule has 1 aliphatic carbocycles. The van der Waals surface area contributed by atoms with E-state index >= 15 is 0 Å². The van der Waals surface area contributed by atoms with E-state index in [0.717, 1.165) is 5.75 Å². The van der Waals surface area contributed by atoms with E-state index in [9.17, 15) is 0 Å². The summed E-state index contributed by atoms with van der Waals surface area (Å²) in [7, 11) is 1.76. The molecule has 0 aliphatic heterocycles. The summed E-state index contributed by atoms with van der Waals surface area (Å²) in [4.78, 5) is 0. The van der Waals surface area contributed by atoms with Gasteiger partial charge in [-0.25, -0.2) is 0 Å². The van der Waals surface area contributed by atoms with Crippen molar-refractivity contribution in [3.05, 3.63) is 35.4 Å². The second kappa shape index (κ2) is 5.17. The lowest BCUT2D eigenvalue weighted by molar-refractivity contribution is 0.412. The van der Waals surface area contributed by atoms with E-state index in [1.807, 2.05) is 0 Å². The first kappa shape index (κ1) is 13.2. The molecule has 0 unspecified atom stereocenters. The number of ether oxygens (including phenoxy) is 1. The summed E-state index contributed by atoms with van der Waals surface area (Å²) in [5.74, 6) is 1.01. The molecule has 0 bridgehead atoms. The minimum atomic E-state index is 0.191. The van der Waals surface area contributed by atoms with Crippen molar-refractivity contribution in [2.75, 3.05) is 7.11 Å². The van der Waals surface area contributed by atoms with Crippen molar-refractivity contribution in [1.29, 1.82) is 0 Å². The average molecular weight is 244 g/mol. The number of allylic oxidation sites excluding steroid dienone is 2. The first-order chi connectivity index (χ1) is 8.52. The first-order valence-electron chi connectivity index (χ1n) is 6.90. The lowest BCUT2D eigenvalue weighted by Crippen LogP contribution is -2.11. The molecule has 1 aromatic rings. The van der Waals surface area contributed by atoms with Gasteiger partial charge in [-0.05, 0) is 54.4 Å². The van der Waals surface area contributed by atoms with E-state index in [1.165, 1.54) is 42.4 Å². The third-order valence-electron chi connectivity index (χ3n) is 3.70. The summed E-state index contributed by atoms with van der Waals surface area (Å²) in [6, 6.07) is 6.62. The van der Waals surface area contributed by atoms with Gasteiger partial charge < -0.3 is 4.74 Å². The molecule has 1 aromatic carbocycles. The van der Waals surface area contributed by atoms with E-state index in [4.69, 9.17) is 4.74 Å². The quantitative estimate of drug-likeness (QED) is 0.715. The molecule has 0 radical (unpaired) electrons. The van der Waals surface area contributed by atoms with Crippen LogP contribution in [0, 0.1) is 0 Å². The normalized spacial score (nSPS) is 16.3. The highest BCUT2D eigenvalue weighted by Gasteiger charge is 2.18. The van der Waals surface area contributed by atoms with Gasteiger partial charge in [0, 0.05) is 5.56 Å². The van der Waals surface area contributed by atoms with Crippen LogP contribution in [0.2, 0.25) is 0 Å². The third-order valence-corrected chi connectivity index (χ3v) is 3.70. The summed E-state index contributed by atoms with van der Waals surface area (Å²) in [6.07, 6.45) is 7.40. The molecule has 0 N–H and O–H groups in total. The fraction of sp³-hybridized carbons (Fsp3) is 0.529. The van der Waals surface area contributed by atoms with Crippen LogP contribution in [0.4, 0.5) is 0 Å². The van der Waals surface area contributed by atoms with E-state index in [2.05, 4.69) is 45.0 Å². The molecule has 0 spiro atoms. The molecule has 0 heterocycles. The predicted octanol–water partition coefficient (Wildman–Crippen LogP) is 4.95. The van der Waals surface area contributed by atoms with Crippen molar-refractivity contribution in [3.63, 3.8) is 0 Å². The Kier molecular flexibility index (Phi) is 3.79. The van der Waals surface area contributed by atoms with Gasteiger partial charge in [-0.1, -0.05) is 32.9 Å². The highest BCUT2D eigenvalue weighted by Crippen LogP contribution is 2.36. The highest BCUT2D eigenvalue weighted by molar-refractivity contribution is 5.72. The minimum absolute atomic E-state index is 0.191. The Morgan fingerprint density at radius 2 is 1.89 bits per heavy atom. The molecular weight excluding hydrogens is 220 g/mol. The zero-order valence-corrected chi connectivity index (χ0v) is 12.0. The Hall–Kier alpha value is -1.24. The molecule has 98 valence electrons. The Bertz CT molecular complexity index is 449. The van der Waals surface area contributed by atoms with Gasteiger partial charge in [-0.2, -0.15) is 0 Å². The first-order valence-corrected chi connectivity index (χ1v) is 6.90. The van der Waals surface area contributed by atoms with Crippen LogP contribution in [0.1, 0.15) is 57.6 Å². The predicted molar refractivity (Wildman–Crippen MR) is 78.1 cm³/mol. The lowest BCUT2D eigenvalue weighted by Gasteiger charge is -2.23. The van der Waals surface area contributed by atoms with Crippen LogP contribution in [0.3, 0.4) is 0 Å². The van der Waals surface area contributed by atoms with Gasteiger partial charge in [-0.3, -0.25) is 0 Å². The molecule has 1 aliphatic rings. The van der Waals surface area contributed by atoms with E-state index in [0.29, 0.717) is 0 Å². The molecule has 0 saturated carbocycles. The zero-order chi connectivity index (χ0) is 13.2. The van der Waals surface area contributed by atoms with Gasteiger partial charge >= 0.3 is 0 Å². The standard InChI is InChI=1S/C17H24O/c1-17(2,3)14-10-11-16(18-4)15(12-14)13-8-6-5-7-9-13/h8,10-12H,5-7,9H2,1-4H3. The van der Waals surface area contributed by atoms with Gasteiger partial charge in [0.15, 0.2) is 0 Å². The van der Waals surface area contributed by atoms with E-state index < -0.39 is 0 Å². The summed E-state index contributed by atoms with van der Waals surface area (Å²) in [5.41, 5.74) is 4.33. The number of hydrogen-bond acceptors (Lipinski definition) is 1. The molecule has 0 aromatic heterocycles. The Morgan fingerprint density at radius 1 is 1.11 bits per heavy atom. The molecule has 0 amide bonds. The molecule has 0 saturated heterocycles. The number of hydrogen-bond donors (Lipinski definition) is 0. The summed E-state index contributed by atoms with van der Waals surface area (Å²) < 4.78 is 5.53. The highest BCUT2D eigenvalue weighted by atomic mass is 16.5. The van der Waals surface area contributed by atoms with Gasteiger partial charge in [0.25, 0.3) is 0 Å². The monoisotopic (exact) mass is 244 g/mol. The van der Waals surface area contributed by atoms with E-state index in [-0.39, 0.29) is 5.41 Å². The van der Waals surface area contributed by atoms with Gasteiger partial charge in [0.2, 0.25) is 0 Å². The largest absolute Gasteiger partial charge is 0.496 e. The topological polar surface area (TPSA) is 9.23 Å². The minimum Gasteiger partial charge on any atom is -0.496 e. The van der Waals surface area contributed by atoms with Crippen LogP contribution in [0.25, 0.3) is 5.57 Å². The summed E-state index contributed by atoms with van der Waals surface area (Å²) in [6.45, 7) is 6.77. The zero-order valence-electron chi connectivity index (χ0n) is 12.0. The maximum Gasteiger partial charge on any atom is 0.126 e. The second-order valence-electron chi connectivity index (χ2n) is 6.14. The maximum atomic E-state index is 5.53. The lowest BCUT2D eigenvalue weighted by atomic mass is 9.84. The number of rotatable bonds is 2. The maximum absolute atomic E-state index is 5.53. The molecule has 0 fully saturated rings. The van der Waals surface area contributed by atoms with Crippen LogP contribution < -0.4 is 4.74 Å². The average Bonchev–Trinajstić information content (AvgIpc) is 2.38. The van der Waals surface area contributed by atoms with Crippen LogP contribution in [-0.2, 0) is 5.41 Å². The molecule has 0 atom stereocenters. The van der Waals surface area contributed by atoms with Crippen LogP contribution >= 0.6 is 0 Å². The van der Waals surface area contributed by atoms with Crippen molar-refractivity contribution in [1.82, 2.24) is 0 Å². The van der Waals surface area contributed by atoms with Crippen LogP contribution in [0.15, 0.2) is 24.3 Å². The molecule has 18 heavy (non-hydrogen) atoms. The fourth-order valence-electron chi connectivity index (χ4n) is 2.51. The summed E-state index contributed by atoms with van der Waals surface area (Å²) in [5, 5.41) is 0. The van der Waals surface area contributed by atoms with Crippen LogP contribution in [0.5, 0.6) is 5.75 Å². The summed E-state index contributed by atoms with van der Waals surface area (Å²) >= 11 is 0. The SMILES string of the molecule is COc1ccc(C(C)(C)C)cc1C1=CCCCC1. The van der Waals surface area contributed by atoms with Crippen LogP contribution in [-0.4, -0.2) is 7.11 Å². The molecule has 2 rings (SSSR count). The molecular formula is C17H24O. The van der Waals surface area contributed by atoms with Gasteiger partial charge in [-0.15, -0.1) is 0 Å². The van der Waals surface area contributed by atoms with Crippen molar-refractivity contribution in [3.8, 4) is 5.75 Å². The van der Waals surface area contributed by atoms with Crippen molar-refractivity contribution in [2.45, 2.75) is 51.9 Å². The fourth-order valence-corrected chi connectivity index (χ4v) is 2.51. The molecule has 1 nitrogen and oxygen atoms in total. The van der Waals surface area contributed by atoms with Crippen molar-refractivity contribution >= 4 is 5.57 Å². The Balaban J connectivity index is 2.45. The van der Waals surface area contributed by atoms with Crippen molar-refractivity contribution in [2.24, 2.45) is 0 Å². The second-order valence-corrected chi connectivity index (χ2v) is 6.14.